The summed E-state index contributed by atoms with van der Waals surface area (Å²) in [5, 5.41) is 4.90. The molecule has 1 aromatic carbocycles. The molecule has 3 nitrogen and oxygen atoms in total. The van der Waals surface area contributed by atoms with Gasteiger partial charge >= 0.3 is 6.18 Å². The zero-order valence-corrected chi connectivity index (χ0v) is 11.3. The molecule has 100 valence electrons. The van der Waals surface area contributed by atoms with Crippen molar-refractivity contribution in [1.82, 2.24) is 5.32 Å². The van der Waals surface area contributed by atoms with Gasteiger partial charge in [0.25, 0.3) is 0 Å². The second-order valence-corrected chi connectivity index (χ2v) is 4.60. The standard InChI is InChI=1S/C11H12BrF3N2O/c1-6(16-2)10(18)17-9-4-3-7(12)5-8(9)11(13,14)15/h3-6,16H,1-2H3,(H,17,18). The van der Waals surface area contributed by atoms with E-state index in [4.69, 9.17) is 0 Å². The zero-order valence-electron chi connectivity index (χ0n) is 9.73. The second kappa shape index (κ2) is 5.71. The van der Waals surface area contributed by atoms with E-state index < -0.39 is 23.7 Å². The molecule has 0 heterocycles. The molecule has 1 rings (SSSR count). The summed E-state index contributed by atoms with van der Waals surface area (Å²) in [5.41, 5.74) is -1.13. The Morgan fingerprint density at radius 3 is 2.50 bits per heavy atom. The van der Waals surface area contributed by atoms with E-state index in [-0.39, 0.29) is 5.69 Å². The van der Waals surface area contributed by atoms with E-state index in [1.54, 1.807) is 14.0 Å². The van der Waals surface area contributed by atoms with Gasteiger partial charge in [0.05, 0.1) is 17.3 Å². The van der Waals surface area contributed by atoms with Crippen LogP contribution in [-0.2, 0) is 11.0 Å². The van der Waals surface area contributed by atoms with Crippen molar-refractivity contribution >= 4 is 27.5 Å². The van der Waals surface area contributed by atoms with Crippen LogP contribution in [0.25, 0.3) is 0 Å². The molecule has 18 heavy (non-hydrogen) atoms. The lowest BCUT2D eigenvalue weighted by atomic mass is 10.1. The summed E-state index contributed by atoms with van der Waals surface area (Å²) in [6.07, 6.45) is -4.52. The molecule has 1 atom stereocenters. The molecular weight excluding hydrogens is 313 g/mol. The Morgan fingerprint density at radius 1 is 1.39 bits per heavy atom. The Morgan fingerprint density at radius 2 is 2.00 bits per heavy atom. The summed E-state index contributed by atoms with van der Waals surface area (Å²) in [6.45, 7) is 1.56. The predicted octanol–water partition coefficient (Wildman–Crippen LogP) is 3.01. The lowest BCUT2D eigenvalue weighted by molar-refractivity contribution is -0.137. The number of nitrogens with one attached hydrogen (secondary N) is 2. The number of hydrogen-bond donors (Lipinski definition) is 2. The summed E-state index contributed by atoms with van der Waals surface area (Å²) in [4.78, 5) is 11.6. The minimum atomic E-state index is -4.52. The van der Waals surface area contributed by atoms with Crippen LogP contribution >= 0.6 is 15.9 Å². The summed E-state index contributed by atoms with van der Waals surface area (Å²) >= 11 is 2.97. The highest BCUT2D eigenvalue weighted by molar-refractivity contribution is 9.10. The van der Waals surface area contributed by atoms with Crippen LogP contribution in [0.1, 0.15) is 12.5 Å². The van der Waals surface area contributed by atoms with Gasteiger partial charge in [-0.2, -0.15) is 13.2 Å². The monoisotopic (exact) mass is 324 g/mol. The van der Waals surface area contributed by atoms with Crippen LogP contribution in [0.15, 0.2) is 22.7 Å². The van der Waals surface area contributed by atoms with Crippen LogP contribution in [0.2, 0.25) is 0 Å². The molecule has 0 saturated heterocycles. The highest BCUT2D eigenvalue weighted by atomic mass is 79.9. The Balaban J connectivity index is 3.06. The molecule has 0 bridgehead atoms. The largest absolute Gasteiger partial charge is 0.418 e. The van der Waals surface area contributed by atoms with Gasteiger partial charge in [0.15, 0.2) is 0 Å². The van der Waals surface area contributed by atoms with Gasteiger partial charge < -0.3 is 10.6 Å². The molecule has 7 heteroatoms. The molecule has 0 aliphatic heterocycles. The van der Waals surface area contributed by atoms with Crippen molar-refractivity contribution < 1.29 is 18.0 Å². The van der Waals surface area contributed by atoms with E-state index in [1.807, 2.05) is 0 Å². The van der Waals surface area contributed by atoms with Gasteiger partial charge in [-0.3, -0.25) is 4.79 Å². The third-order valence-corrected chi connectivity index (χ3v) is 2.86. The number of rotatable bonds is 3. The van der Waals surface area contributed by atoms with Gasteiger partial charge in [-0.05, 0) is 32.2 Å². The molecule has 0 radical (unpaired) electrons. The third kappa shape index (κ3) is 3.71. The number of likely N-dealkylation sites (N-methyl/N-ethyl adjacent to an activating group) is 1. The van der Waals surface area contributed by atoms with Gasteiger partial charge in [-0.1, -0.05) is 15.9 Å². The normalized spacial score (nSPS) is 13.2. The fourth-order valence-corrected chi connectivity index (χ4v) is 1.59. The Bertz CT molecular complexity index is 448. The molecule has 2 N–H and O–H groups in total. The lowest BCUT2D eigenvalue weighted by Crippen LogP contribution is -2.36. The maximum Gasteiger partial charge on any atom is 0.418 e. The molecule has 0 spiro atoms. The van der Waals surface area contributed by atoms with E-state index in [9.17, 15) is 18.0 Å². The first-order valence-electron chi connectivity index (χ1n) is 5.10. The Hall–Kier alpha value is -1.08. The number of hydrogen-bond acceptors (Lipinski definition) is 2. The van der Waals surface area contributed by atoms with E-state index in [0.29, 0.717) is 4.47 Å². The van der Waals surface area contributed by atoms with Gasteiger partial charge in [-0.15, -0.1) is 0 Å². The van der Waals surface area contributed by atoms with Gasteiger partial charge in [0.2, 0.25) is 5.91 Å². The van der Waals surface area contributed by atoms with Crippen molar-refractivity contribution in [1.29, 1.82) is 0 Å². The van der Waals surface area contributed by atoms with Crippen molar-refractivity contribution in [2.45, 2.75) is 19.1 Å². The molecule has 0 saturated carbocycles. The van der Waals surface area contributed by atoms with E-state index in [2.05, 4.69) is 26.6 Å². The Labute approximate surface area is 111 Å². The van der Waals surface area contributed by atoms with Crippen LogP contribution in [0.3, 0.4) is 0 Å². The number of carbonyl (C=O) groups excluding carboxylic acids is 1. The zero-order chi connectivity index (χ0) is 13.9. The molecule has 1 unspecified atom stereocenters. The Kier molecular flexibility index (Phi) is 4.75. The van der Waals surface area contributed by atoms with Crippen molar-refractivity contribution in [2.24, 2.45) is 0 Å². The maximum atomic E-state index is 12.8. The number of carbonyl (C=O) groups is 1. The number of amides is 1. The van der Waals surface area contributed by atoms with Crippen molar-refractivity contribution in [2.75, 3.05) is 12.4 Å². The van der Waals surface area contributed by atoms with Crippen LogP contribution in [0.4, 0.5) is 18.9 Å². The number of anilines is 1. The lowest BCUT2D eigenvalue weighted by Gasteiger charge is -2.16. The quantitative estimate of drug-likeness (QED) is 0.897. The molecule has 0 fully saturated rings. The van der Waals surface area contributed by atoms with Crippen LogP contribution in [0, 0.1) is 0 Å². The number of halogens is 4. The summed E-state index contributed by atoms with van der Waals surface area (Å²) < 4.78 is 38.6. The topological polar surface area (TPSA) is 41.1 Å². The first kappa shape index (κ1) is 15.0. The SMILES string of the molecule is CNC(C)C(=O)Nc1ccc(Br)cc1C(F)(F)F. The average molecular weight is 325 g/mol. The first-order chi connectivity index (χ1) is 8.25. The third-order valence-electron chi connectivity index (χ3n) is 2.37. The predicted molar refractivity (Wildman–Crippen MR) is 66.3 cm³/mol. The van der Waals surface area contributed by atoms with Gasteiger partial charge in [0, 0.05) is 4.47 Å². The average Bonchev–Trinajstić information content (AvgIpc) is 2.28. The fourth-order valence-electron chi connectivity index (χ4n) is 1.23. The molecule has 0 aromatic heterocycles. The van der Waals surface area contributed by atoms with Crippen LogP contribution in [-0.4, -0.2) is 19.0 Å². The number of alkyl halides is 3. The summed E-state index contributed by atoms with van der Waals surface area (Å²) in [5.74, 6) is -0.523. The van der Waals surface area contributed by atoms with Crippen LogP contribution < -0.4 is 10.6 Å². The van der Waals surface area contributed by atoms with E-state index >= 15 is 0 Å². The minimum absolute atomic E-state index is 0.252. The molecule has 0 aliphatic rings. The summed E-state index contributed by atoms with van der Waals surface area (Å²) in [6, 6.07) is 3.01. The second-order valence-electron chi connectivity index (χ2n) is 3.69. The summed E-state index contributed by atoms with van der Waals surface area (Å²) in [7, 11) is 1.55. The van der Waals surface area contributed by atoms with Gasteiger partial charge in [-0.25, -0.2) is 0 Å². The van der Waals surface area contributed by atoms with Gasteiger partial charge in [0.1, 0.15) is 0 Å². The minimum Gasteiger partial charge on any atom is -0.324 e. The molecular formula is C11H12BrF3N2O. The fraction of sp³-hybridized carbons (Fsp3) is 0.364. The van der Waals surface area contributed by atoms with Crippen molar-refractivity contribution in [3.63, 3.8) is 0 Å². The molecule has 1 aromatic rings. The van der Waals surface area contributed by atoms with E-state index in [1.165, 1.54) is 12.1 Å². The van der Waals surface area contributed by atoms with Crippen molar-refractivity contribution in [3.05, 3.63) is 28.2 Å². The number of benzene rings is 1. The van der Waals surface area contributed by atoms with Crippen molar-refractivity contribution in [3.8, 4) is 0 Å². The molecule has 1 amide bonds. The highest BCUT2D eigenvalue weighted by Crippen LogP contribution is 2.36. The smallest absolute Gasteiger partial charge is 0.324 e. The maximum absolute atomic E-state index is 12.8. The highest BCUT2D eigenvalue weighted by Gasteiger charge is 2.34. The van der Waals surface area contributed by atoms with E-state index in [0.717, 1.165) is 6.07 Å². The first-order valence-corrected chi connectivity index (χ1v) is 5.90. The molecule has 0 aliphatic carbocycles. The van der Waals surface area contributed by atoms with Crippen LogP contribution in [0.5, 0.6) is 0 Å².